The average Bonchev–Trinajstić information content (AvgIpc) is 3.57. The number of imidazole rings is 2. The van der Waals surface area contributed by atoms with Crippen molar-refractivity contribution in [2.75, 3.05) is 0 Å². The van der Waals surface area contributed by atoms with E-state index in [0.29, 0.717) is 45.7 Å². The van der Waals surface area contributed by atoms with E-state index >= 15 is 0 Å². The van der Waals surface area contributed by atoms with Crippen LogP contribution in [-0.4, -0.2) is 62.5 Å². The highest BCUT2D eigenvalue weighted by atomic mass is 35.5. The monoisotopic (exact) mass is 470 g/mol. The number of hydrogen-bond donors (Lipinski definition) is 2. The molecule has 12 nitrogen and oxygen atoms in total. The van der Waals surface area contributed by atoms with E-state index in [1.54, 1.807) is 12.7 Å². The highest BCUT2D eigenvalue weighted by Crippen LogP contribution is 2.21. The van der Waals surface area contributed by atoms with Crippen molar-refractivity contribution in [2.24, 2.45) is 10.2 Å². The highest BCUT2D eigenvalue weighted by Gasteiger charge is 2.29. The molecule has 0 saturated carbocycles. The summed E-state index contributed by atoms with van der Waals surface area (Å²) in [5.74, 6) is 0. The van der Waals surface area contributed by atoms with Crippen LogP contribution in [0.5, 0.6) is 0 Å². The molecule has 32 heavy (non-hydrogen) atoms. The van der Waals surface area contributed by atoms with Crippen molar-refractivity contribution in [1.29, 1.82) is 0 Å². The lowest BCUT2D eigenvalue weighted by molar-refractivity contribution is 0.502. The van der Waals surface area contributed by atoms with Gasteiger partial charge in [-0.25, -0.2) is 29.9 Å². The summed E-state index contributed by atoms with van der Waals surface area (Å²) in [4.78, 5) is 25.2. The molecule has 162 valence electrons. The Balaban J connectivity index is 1.09. The van der Waals surface area contributed by atoms with Gasteiger partial charge in [-0.2, -0.15) is 10.2 Å². The highest BCUT2D eigenvalue weighted by molar-refractivity contribution is 6.43. The molecule has 4 aromatic heterocycles. The van der Waals surface area contributed by atoms with Gasteiger partial charge in [-0.05, 0) is 0 Å². The molecule has 0 saturated heterocycles. The van der Waals surface area contributed by atoms with Crippen LogP contribution in [0, 0.1) is 0 Å². The van der Waals surface area contributed by atoms with Crippen LogP contribution in [-0.2, 0) is 13.1 Å². The number of nitrogens with zero attached hydrogens (tertiary/aromatic N) is 10. The molecule has 6 rings (SSSR count). The van der Waals surface area contributed by atoms with Crippen molar-refractivity contribution in [1.82, 2.24) is 49.9 Å². The lowest BCUT2D eigenvalue weighted by Crippen LogP contribution is -2.27. The van der Waals surface area contributed by atoms with Crippen molar-refractivity contribution in [2.45, 2.75) is 38.0 Å². The van der Waals surface area contributed by atoms with Gasteiger partial charge in [0, 0.05) is 25.9 Å². The first kappa shape index (κ1) is 19.3. The zero-order valence-electron chi connectivity index (χ0n) is 16.5. The van der Waals surface area contributed by atoms with Crippen molar-refractivity contribution in [3.8, 4) is 0 Å². The molecule has 2 aliphatic rings. The Bertz CT molecular complexity index is 1280. The number of hydrazone groups is 2. The van der Waals surface area contributed by atoms with Gasteiger partial charge in [0.25, 0.3) is 0 Å². The summed E-state index contributed by atoms with van der Waals surface area (Å²) in [5, 5.41) is 9.73. The number of nitrogens with one attached hydrogen (secondary N) is 2. The molecule has 6 heterocycles. The molecule has 2 unspecified atom stereocenters. The summed E-state index contributed by atoms with van der Waals surface area (Å²) in [6.07, 6.45) is 7.83. The van der Waals surface area contributed by atoms with Crippen LogP contribution in [0.1, 0.15) is 12.8 Å². The van der Waals surface area contributed by atoms with Gasteiger partial charge in [0.2, 0.25) is 0 Å². The molecular weight excluding hydrogens is 455 g/mol. The molecule has 0 amide bonds. The quantitative estimate of drug-likeness (QED) is 0.417. The second-order valence-electron chi connectivity index (χ2n) is 7.64. The second kappa shape index (κ2) is 7.64. The van der Waals surface area contributed by atoms with Gasteiger partial charge in [-0.3, -0.25) is 0 Å². The number of aromatic nitrogens is 8. The minimum Gasteiger partial charge on any atom is -0.313 e. The number of fused-ring (bicyclic) bond motifs is 2. The van der Waals surface area contributed by atoms with Crippen molar-refractivity contribution in [3.63, 3.8) is 0 Å². The maximum atomic E-state index is 6.09. The fourth-order valence-electron chi connectivity index (χ4n) is 4.01. The molecule has 14 heteroatoms. The Hall–Kier alpha value is -3.38. The summed E-state index contributed by atoms with van der Waals surface area (Å²) in [7, 11) is 0. The topological polar surface area (TPSA) is 136 Å². The van der Waals surface area contributed by atoms with Crippen LogP contribution in [0.4, 0.5) is 0 Å². The summed E-state index contributed by atoms with van der Waals surface area (Å²) in [6.45, 7) is 1.31. The first-order valence-electron chi connectivity index (χ1n) is 9.93. The van der Waals surface area contributed by atoms with Crippen molar-refractivity contribution < 1.29 is 0 Å². The van der Waals surface area contributed by atoms with Crippen LogP contribution in [0.25, 0.3) is 22.3 Å². The molecule has 0 radical (unpaired) electrons. The summed E-state index contributed by atoms with van der Waals surface area (Å²) < 4.78 is 3.90. The normalized spacial score (nSPS) is 20.4. The van der Waals surface area contributed by atoms with Gasteiger partial charge >= 0.3 is 0 Å². The van der Waals surface area contributed by atoms with E-state index in [4.69, 9.17) is 23.2 Å². The second-order valence-corrected chi connectivity index (χ2v) is 8.36. The van der Waals surface area contributed by atoms with E-state index in [0.717, 1.165) is 24.3 Å². The summed E-state index contributed by atoms with van der Waals surface area (Å²) in [5.41, 5.74) is 10.9. The Morgan fingerprint density at radius 3 is 1.66 bits per heavy atom. The zero-order chi connectivity index (χ0) is 21.7. The van der Waals surface area contributed by atoms with Gasteiger partial charge in [-0.1, -0.05) is 23.2 Å². The molecule has 0 spiro atoms. The molecule has 0 bridgehead atoms. The molecule has 4 aromatic rings. The number of hydrogen-bond acceptors (Lipinski definition) is 10. The SMILES string of the molecule is Clc1ncnc2c1ncn2CC1CC(C2=NNC(Cn3cnc4c(Cl)ncnc43)C2)=NN1. The van der Waals surface area contributed by atoms with Gasteiger partial charge < -0.3 is 20.0 Å². The molecule has 2 atom stereocenters. The van der Waals surface area contributed by atoms with Crippen LogP contribution in [0.3, 0.4) is 0 Å². The third-order valence-electron chi connectivity index (χ3n) is 5.52. The van der Waals surface area contributed by atoms with E-state index in [1.165, 1.54) is 12.7 Å². The Morgan fingerprint density at radius 1 is 0.719 bits per heavy atom. The molecule has 2 aliphatic heterocycles. The molecule has 2 N–H and O–H groups in total. The van der Waals surface area contributed by atoms with Crippen LogP contribution in [0.2, 0.25) is 10.3 Å². The minimum atomic E-state index is 0.106. The molecule has 0 aliphatic carbocycles. The third kappa shape index (κ3) is 3.31. The molecular formula is C18H16Cl2N12. The standard InChI is InChI=1S/C18H16Cl2N12/c19-15-13-17(23-5-21-15)31(7-25-13)3-9-1-11(29-27-9)12-2-10(28-30-12)4-32-8-26-14-16(20)22-6-24-18(14)32/h5-10,27-28H,1-4H2. The first-order valence-corrected chi connectivity index (χ1v) is 10.7. The molecule has 0 fully saturated rings. The van der Waals surface area contributed by atoms with Crippen molar-refractivity contribution >= 4 is 57.0 Å². The smallest absolute Gasteiger partial charge is 0.164 e. The van der Waals surface area contributed by atoms with Crippen LogP contribution >= 0.6 is 23.2 Å². The minimum absolute atomic E-state index is 0.106. The largest absolute Gasteiger partial charge is 0.313 e. The van der Waals surface area contributed by atoms with E-state index in [2.05, 4.69) is 51.0 Å². The Labute approximate surface area is 190 Å². The maximum absolute atomic E-state index is 6.09. The van der Waals surface area contributed by atoms with Gasteiger partial charge in [0.1, 0.15) is 23.7 Å². The zero-order valence-corrected chi connectivity index (χ0v) is 18.0. The fraction of sp³-hybridized carbons (Fsp3) is 0.333. The van der Waals surface area contributed by atoms with E-state index in [-0.39, 0.29) is 12.1 Å². The lowest BCUT2D eigenvalue weighted by atomic mass is 10.0. The third-order valence-corrected chi connectivity index (χ3v) is 6.08. The predicted molar refractivity (Wildman–Crippen MR) is 119 cm³/mol. The van der Waals surface area contributed by atoms with Crippen molar-refractivity contribution in [3.05, 3.63) is 35.6 Å². The van der Waals surface area contributed by atoms with E-state index in [9.17, 15) is 0 Å². The van der Waals surface area contributed by atoms with Crippen LogP contribution < -0.4 is 10.9 Å². The van der Waals surface area contributed by atoms with Crippen LogP contribution in [0.15, 0.2) is 35.5 Å². The Kier molecular flexibility index (Phi) is 4.61. The average molecular weight is 471 g/mol. The van der Waals surface area contributed by atoms with E-state index < -0.39 is 0 Å². The first-order chi connectivity index (χ1) is 15.7. The number of halogens is 2. The number of rotatable bonds is 5. The van der Waals surface area contributed by atoms with E-state index in [1.807, 2.05) is 9.13 Å². The summed E-state index contributed by atoms with van der Waals surface area (Å²) in [6, 6.07) is 0.212. The maximum Gasteiger partial charge on any atom is 0.164 e. The predicted octanol–water partition coefficient (Wildman–Crippen LogP) is 1.41. The van der Waals surface area contributed by atoms with Gasteiger partial charge in [0.15, 0.2) is 21.6 Å². The van der Waals surface area contributed by atoms with Gasteiger partial charge in [0.05, 0.1) is 36.2 Å². The summed E-state index contributed by atoms with van der Waals surface area (Å²) >= 11 is 12.2. The lowest BCUT2D eigenvalue weighted by Gasteiger charge is -2.11. The Morgan fingerprint density at radius 2 is 1.19 bits per heavy atom. The fourth-order valence-corrected chi connectivity index (χ4v) is 4.36. The molecule has 0 aromatic carbocycles. The van der Waals surface area contributed by atoms with Gasteiger partial charge in [-0.15, -0.1) is 0 Å².